The highest BCUT2D eigenvalue weighted by molar-refractivity contribution is 5.79. The summed E-state index contributed by atoms with van der Waals surface area (Å²) in [4.78, 5) is 12.1. The zero-order chi connectivity index (χ0) is 13.5. The highest BCUT2D eigenvalue weighted by atomic mass is 16.3. The van der Waals surface area contributed by atoms with Crippen molar-refractivity contribution in [3.63, 3.8) is 0 Å². The zero-order valence-corrected chi connectivity index (χ0v) is 12.0. The molecule has 108 valence electrons. The van der Waals surface area contributed by atoms with Crippen molar-refractivity contribution in [3.8, 4) is 0 Å². The molecule has 0 bridgehead atoms. The number of carbonyl (C=O) groups excluding carboxylic acids is 1. The Morgan fingerprint density at radius 3 is 2.42 bits per heavy atom. The number of aliphatic hydroxyl groups is 1. The molecule has 0 radical (unpaired) electrons. The van der Waals surface area contributed by atoms with Crippen LogP contribution < -0.4 is 5.32 Å². The molecule has 2 unspecified atom stereocenters. The largest absolute Gasteiger partial charge is 0.388 e. The molecular formula is C16H27NO2. The van der Waals surface area contributed by atoms with E-state index in [1.54, 1.807) is 0 Å². The van der Waals surface area contributed by atoms with Gasteiger partial charge in [0.2, 0.25) is 5.91 Å². The first-order chi connectivity index (χ1) is 9.09. The number of fused-ring (bicyclic) bond motifs is 1. The Hall–Kier alpha value is -0.570. The van der Waals surface area contributed by atoms with Gasteiger partial charge in [-0.05, 0) is 62.7 Å². The number of amides is 1. The minimum atomic E-state index is -0.636. The molecule has 3 aliphatic carbocycles. The van der Waals surface area contributed by atoms with E-state index < -0.39 is 5.60 Å². The average Bonchev–Trinajstić information content (AvgIpc) is 3.03. The van der Waals surface area contributed by atoms with Gasteiger partial charge in [-0.15, -0.1) is 0 Å². The summed E-state index contributed by atoms with van der Waals surface area (Å²) in [5.41, 5.74) is -0.636. The molecule has 0 aromatic rings. The van der Waals surface area contributed by atoms with E-state index in [9.17, 15) is 9.90 Å². The molecule has 3 fully saturated rings. The number of nitrogens with one attached hydrogen (secondary N) is 1. The molecule has 3 nitrogen and oxygen atoms in total. The fraction of sp³-hybridized carbons (Fsp3) is 0.938. The van der Waals surface area contributed by atoms with Gasteiger partial charge < -0.3 is 10.4 Å². The second-order valence-electron chi connectivity index (χ2n) is 7.22. The Labute approximate surface area is 116 Å². The minimum absolute atomic E-state index is 0.193. The standard InChI is InChI=1S/C16H27NO2/c1-2-11-3-5-16(19,6-4-11)10-17-15(18)14-8-12-7-13(12)9-14/h11-14,19H,2-10H2,1H3,(H,17,18). The molecule has 0 saturated heterocycles. The Morgan fingerprint density at radius 1 is 1.21 bits per heavy atom. The molecular weight excluding hydrogens is 238 g/mol. The smallest absolute Gasteiger partial charge is 0.223 e. The first kappa shape index (κ1) is 13.4. The van der Waals surface area contributed by atoms with Gasteiger partial charge in [0.05, 0.1) is 5.60 Å². The van der Waals surface area contributed by atoms with E-state index in [0.29, 0.717) is 6.54 Å². The second kappa shape index (κ2) is 5.08. The fourth-order valence-electron chi connectivity index (χ4n) is 4.12. The molecule has 19 heavy (non-hydrogen) atoms. The SMILES string of the molecule is CCC1CCC(O)(CNC(=O)C2CC3CC3C2)CC1. The van der Waals surface area contributed by atoms with Gasteiger partial charge >= 0.3 is 0 Å². The monoisotopic (exact) mass is 265 g/mol. The van der Waals surface area contributed by atoms with Crippen LogP contribution in [0.4, 0.5) is 0 Å². The molecule has 0 aromatic carbocycles. The van der Waals surface area contributed by atoms with Gasteiger partial charge in [-0.2, -0.15) is 0 Å². The maximum atomic E-state index is 12.1. The minimum Gasteiger partial charge on any atom is -0.388 e. The predicted molar refractivity (Wildman–Crippen MR) is 74.5 cm³/mol. The summed E-state index contributed by atoms with van der Waals surface area (Å²) in [6.07, 6.45) is 8.66. The summed E-state index contributed by atoms with van der Waals surface area (Å²) in [7, 11) is 0. The summed E-state index contributed by atoms with van der Waals surface area (Å²) in [5, 5.41) is 13.5. The normalized spacial score (nSPS) is 44.7. The van der Waals surface area contributed by atoms with Crippen LogP contribution in [0, 0.1) is 23.7 Å². The quantitative estimate of drug-likeness (QED) is 0.820. The van der Waals surface area contributed by atoms with Gasteiger partial charge in [0.15, 0.2) is 0 Å². The van der Waals surface area contributed by atoms with Gasteiger partial charge in [0.25, 0.3) is 0 Å². The van der Waals surface area contributed by atoms with Crippen LogP contribution in [0.1, 0.15) is 58.3 Å². The van der Waals surface area contributed by atoms with E-state index in [2.05, 4.69) is 12.2 Å². The number of rotatable bonds is 4. The van der Waals surface area contributed by atoms with Crippen LogP contribution in [-0.2, 0) is 4.79 Å². The molecule has 3 rings (SSSR count). The zero-order valence-electron chi connectivity index (χ0n) is 12.0. The number of carbonyl (C=O) groups is 1. The van der Waals surface area contributed by atoms with Crippen molar-refractivity contribution in [2.45, 2.75) is 63.9 Å². The first-order valence-corrected chi connectivity index (χ1v) is 8.10. The summed E-state index contributed by atoms with van der Waals surface area (Å²) < 4.78 is 0. The van der Waals surface area contributed by atoms with Crippen LogP contribution >= 0.6 is 0 Å². The molecule has 3 heteroatoms. The van der Waals surface area contributed by atoms with Crippen LogP contribution in [0.2, 0.25) is 0 Å². The molecule has 3 saturated carbocycles. The Balaban J connectivity index is 1.42. The van der Waals surface area contributed by atoms with Crippen LogP contribution in [0.15, 0.2) is 0 Å². The van der Waals surface area contributed by atoms with Gasteiger partial charge in [0, 0.05) is 12.5 Å². The van der Waals surface area contributed by atoms with Gasteiger partial charge in [-0.25, -0.2) is 0 Å². The van der Waals surface area contributed by atoms with Crippen molar-refractivity contribution in [3.05, 3.63) is 0 Å². The van der Waals surface area contributed by atoms with Crippen molar-refractivity contribution in [1.29, 1.82) is 0 Å². The van der Waals surface area contributed by atoms with Crippen molar-refractivity contribution in [2.24, 2.45) is 23.7 Å². The van der Waals surface area contributed by atoms with E-state index in [-0.39, 0.29) is 11.8 Å². The lowest BCUT2D eigenvalue weighted by atomic mass is 9.78. The maximum Gasteiger partial charge on any atom is 0.223 e. The summed E-state index contributed by atoms with van der Waals surface area (Å²) >= 11 is 0. The fourth-order valence-corrected chi connectivity index (χ4v) is 4.12. The third-order valence-electron chi connectivity index (χ3n) is 5.82. The van der Waals surface area contributed by atoms with E-state index >= 15 is 0 Å². The van der Waals surface area contributed by atoms with Crippen LogP contribution in [-0.4, -0.2) is 23.2 Å². The third kappa shape index (κ3) is 2.96. The predicted octanol–water partition coefficient (Wildman–Crippen LogP) is 2.48. The Kier molecular flexibility index (Phi) is 3.59. The molecule has 0 spiro atoms. The average molecular weight is 265 g/mol. The Bertz CT molecular complexity index is 337. The third-order valence-corrected chi connectivity index (χ3v) is 5.82. The molecule has 0 heterocycles. The molecule has 0 aliphatic heterocycles. The van der Waals surface area contributed by atoms with Gasteiger partial charge in [-0.3, -0.25) is 4.79 Å². The highest BCUT2D eigenvalue weighted by Gasteiger charge is 2.48. The topological polar surface area (TPSA) is 49.3 Å². The second-order valence-corrected chi connectivity index (χ2v) is 7.22. The van der Waals surface area contributed by atoms with E-state index in [1.165, 1.54) is 12.8 Å². The number of hydrogen-bond acceptors (Lipinski definition) is 2. The van der Waals surface area contributed by atoms with Gasteiger partial charge in [-0.1, -0.05) is 13.3 Å². The van der Waals surface area contributed by atoms with Crippen LogP contribution in [0.25, 0.3) is 0 Å². The summed E-state index contributed by atoms with van der Waals surface area (Å²) in [6.45, 7) is 2.69. The summed E-state index contributed by atoms with van der Waals surface area (Å²) in [5.74, 6) is 2.90. The van der Waals surface area contributed by atoms with Gasteiger partial charge in [0.1, 0.15) is 0 Å². The van der Waals surface area contributed by atoms with Crippen molar-refractivity contribution in [2.75, 3.05) is 6.54 Å². The van der Waals surface area contributed by atoms with E-state index in [4.69, 9.17) is 0 Å². The van der Waals surface area contributed by atoms with E-state index in [0.717, 1.165) is 56.3 Å². The summed E-state index contributed by atoms with van der Waals surface area (Å²) in [6, 6.07) is 0. The lowest BCUT2D eigenvalue weighted by Gasteiger charge is -2.36. The van der Waals surface area contributed by atoms with Crippen molar-refractivity contribution < 1.29 is 9.90 Å². The van der Waals surface area contributed by atoms with E-state index in [1.807, 2.05) is 0 Å². The molecule has 1 amide bonds. The molecule has 2 atom stereocenters. The van der Waals surface area contributed by atoms with Crippen molar-refractivity contribution >= 4 is 5.91 Å². The van der Waals surface area contributed by atoms with Crippen LogP contribution in [0.5, 0.6) is 0 Å². The van der Waals surface area contributed by atoms with Crippen LogP contribution in [0.3, 0.4) is 0 Å². The lowest BCUT2D eigenvalue weighted by Crippen LogP contribution is -2.46. The van der Waals surface area contributed by atoms with Crippen molar-refractivity contribution in [1.82, 2.24) is 5.32 Å². The Morgan fingerprint density at radius 2 is 1.84 bits per heavy atom. The number of hydrogen-bond donors (Lipinski definition) is 2. The maximum absolute atomic E-state index is 12.1. The highest BCUT2D eigenvalue weighted by Crippen LogP contribution is 2.54. The molecule has 3 aliphatic rings. The lowest BCUT2D eigenvalue weighted by molar-refractivity contribution is -0.126. The molecule has 2 N–H and O–H groups in total. The molecule has 0 aromatic heterocycles. The first-order valence-electron chi connectivity index (χ1n) is 8.10.